The molecule has 1 fully saturated rings. The van der Waals surface area contributed by atoms with Gasteiger partial charge in [0, 0.05) is 37.4 Å². The molecule has 1 saturated heterocycles. The molecule has 0 unspecified atom stereocenters. The van der Waals surface area contributed by atoms with Crippen LogP contribution >= 0.6 is 0 Å². The average Bonchev–Trinajstić information content (AvgIpc) is 2.46. The normalized spacial score (nSPS) is 16.9. The van der Waals surface area contributed by atoms with Crippen molar-refractivity contribution >= 4 is 11.6 Å². The van der Waals surface area contributed by atoms with E-state index in [9.17, 15) is 9.18 Å². The first-order chi connectivity index (χ1) is 10.0. The molecule has 1 heterocycles. The minimum Gasteiger partial charge on any atom is -0.399 e. The van der Waals surface area contributed by atoms with Crippen LogP contribution in [0.2, 0.25) is 0 Å². The Bertz CT molecular complexity index is 478. The number of hydrogen-bond donors (Lipinski definition) is 1. The second-order valence-electron chi connectivity index (χ2n) is 5.76. The molecule has 1 aliphatic heterocycles. The van der Waals surface area contributed by atoms with E-state index in [-0.39, 0.29) is 17.6 Å². The Kier molecular flexibility index (Phi) is 5.17. The fraction of sp³-hybridized carbons (Fsp3) is 0.562. The quantitative estimate of drug-likeness (QED) is 0.867. The van der Waals surface area contributed by atoms with Gasteiger partial charge >= 0.3 is 0 Å². The number of nitrogens with two attached hydrogens (primary N) is 1. The lowest BCUT2D eigenvalue weighted by Gasteiger charge is -2.36. The molecule has 0 spiro atoms. The second-order valence-corrected chi connectivity index (χ2v) is 5.76. The third-order valence-electron chi connectivity index (χ3n) is 4.13. The summed E-state index contributed by atoms with van der Waals surface area (Å²) in [6, 6.07) is 4.23. The molecule has 2 rings (SSSR count). The summed E-state index contributed by atoms with van der Waals surface area (Å²) in [4.78, 5) is 16.6. The van der Waals surface area contributed by atoms with Crippen LogP contribution in [0.1, 0.15) is 36.5 Å². The first kappa shape index (κ1) is 15.8. The van der Waals surface area contributed by atoms with Gasteiger partial charge in [0.1, 0.15) is 5.82 Å². The van der Waals surface area contributed by atoms with Gasteiger partial charge in [0.15, 0.2) is 0 Å². The van der Waals surface area contributed by atoms with Crippen molar-refractivity contribution in [2.45, 2.75) is 32.2 Å². The zero-order valence-corrected chi connectivity index (χ0v) is 12.8. The Labute approximate surface area is 125 Å². The van der Waals surface area contributed by atoms with Gasteiger partial charge in [0.05, 0.1) is 0 Å². The molecule has 0 saturated carbocycles. The number of nitrogens with zero attached hydrogens (tertiary/aromatic N) is 2. The number of nitrogen functional groups attached to an aromatic ring is 1. The molecule has 1 amide bonds. The third-order valence-corrected chi connectivity index (χ3v) is 4.13. The summed E-state index contributed by atoms with van der Waals surface area (Å²) in [5.41, 5.74) is 6.22. The van der Waals surface area contributed by atoms with E-state index in [1.165, 1.54) is 18.2 Å². The van der Waals surface area contributed by atoms with Crippen LogP contribution in [0.25, 0.3) is 0 Å². The highest BCUT2D eigenvalue weighted by Crippen LogP contribution is 2.19. The number of anilines is 1. The van der Waals surface area contributed by atoms with E-state index in [2.05, 4.69) is 11.8 Å². The molecular weight excluding hydrogens is 269 g/mol. The molecular formula is C16H24FN3O. The number of hydrogen-bond acceptors (Lipinski definition) is 3. The molecule has 21 heavy (non-hydrogen) atoms. The van der Waals surface area contributed by atoms with Crippen molar-refractivity contribution in [3.63, 3.8) is 0 Å². The maximum absolute atomic E-state index is 13.4. The van der Waals surface area contributed by atoms with E-state index in [1.807, 2.05) is 0 Å². The van der Waals surface area contributed by atoms with E-state index in [0.29, 0.717) is 5.56 Å². The number of benzene rings is 1. The molecule has 0 aliphatic carbocycles. The Morgan fingerprint density at radius 2 is 2.05 bits per heavy atom. The second kappa shape index (κ2) is 6.89. The van der Waals surface area contributed by atoms with Crippen molar-refractivity contribution in [2.24, 2.45) is 0 Å². The van der Waals surface area contributed by atoms with Gasteiger partial charge in [0.2, 0.25) is 0 Å². The summed E-state index contributed by atoms with van der Waals surface area (Å²) in [7, 11) is 1.80. The maximum atomic E-state index is 13.4. The summed E-state index contributed by atoms with van der Waals surface area (Å²) in [6.45, 7) is 5.32. The third kappa shape index (κ3) is 3.94. The monoisotopic (exact) mass is 293 g/mol. The van der Waals surface area contributed by atoms with Gasteiger partial charge in [0.25, 0.3) is 5.91 Å². The van der Waals surface area contributed by atoms with Gasteiger partial charge in [-0.2, -0.15) is 0 Å². The van der Waals surface area contributed by atoms with Crippen molar-refractivity contribution in [3.8, 4) is 0 Å². The Morgan fingerprint density at radius 1 is 1.38 bits per heavy atom. The van der Waals surface area contributed by atoms with Crippen molar-refractivity contribution in [3.05, 3.63) is 29.6 Å². The first-order valence-electron chi connectivity index (χ1n) is 7.57. The summed E-state index contributed by atoms with van der Waals surface area (Å²) in [5, 5.41) is 0. The zero-order valence-electron chi connectivity index (χ0n) is 12.8. The minimum absolute atomic E-state index is 0.157. The Balaban J connectivity index is 2.00. The lowest BCUT2D eigenvalue weighted by atomic mass is 10.0. The van der Waals surface area contributed by atoms with E-state index in [4.69, 9.17) is 5.73 Å². The SMILES string of the molecule is CCCN1CCC(N(C)C(=O)c2cc(N)cc(F)c2)CC1. The van der Waals surface area contributed by atoms with Crippen LogP contribution in [-0.2, 0) is 0 Å². The number of carbonyl (C=O) groups excluding carboxylic acids is 1. The standard InChI is InChI=1S/C16H24FN3O/c1-3-6-20-7-4-15(5-8-20)19(2)16(21)12-9-13(17)11-14(18)10-12/h9-11,15H,3-8,18H2,1-2H3. The number of halogens is 1. The predicted octanol–water partition coefficient (Wildman–Crippen LogP) is 2.35. The molecule has 1 aromatic rings. The van der Waals surface area contributed by atoms with Gasteiger partial charge in [-0.05, 0) is 44.0 Å². The average molecular weight is 293 g/mol. The van der Waals surface area contributed by atoms with Crippen molar-refractivity contribution < 1.29 is 9.18 Å². The molecule has 0 aromatic heterocycles. The van der Waals surface area contributed by atoms with Crippen molar-refractivity contribution in [1.82, 2.24) is 9.80 Å². The van der Waals surface area contributed by atoms with Gasteiger partial charge in [-0.1, -0.05) is 6.92 Å². The molecule has 0 radical (unpaired) electrons. The van der Waals surface area contributed by atoms with E-state index in [1.54, 1.807) is 11.9 Å². The number of rotatable bonds is 4. The molecule has 4 nitrogen and oxygen atoms in total. The smallest absolute Gasteiger partial charge is 0.254 e. The van der Waals surface area contributed by atoms with Crippen LogP contribution in [0.15, 0.2) is 18.2 Å². The number of amides is 1. The van der Waals surface area contributed by atoms with Crippen LogP contribution in [0, 0.1) is 5.82 Å². The molecule has 2 N–H and O–H groups in total. The van der Waals surface area contributed by atoms with Crippen LogP contribution < -0.4 is 5.73 Å². The number of piperidine rings is 1. The van der Waals surface area contributed by atoms with E-state index >= 15 is 0 Å². The fourth-order valence-electron chi connectivity index (χ4n) is 2.95. The highest BCUT2D eigenvalue weighted by atomic mass is 19.1. The molecule has 0 atom stereocenters. The van der Waals surface area contributed by atoms with Gasteiger partial charge < -0.3 is 15.5 Å². The predicted molar refractivity (Wildman–Crippen MR) is 82.7 cm³/mol. The Morgan fingerprint density at radius 3 is 2.62 bits per heavy atom. The molecule has 1 aliphatic rings. The van der Waals surface area contributed by atoms with E-state index < -0.39 is 5.82 Å². The summed E-state index contributed by atoms with van der Waals surface area (Å²) in [5.74, 6) is -0.625. The van der Waals surface area contributed by atoms with Gasteiger partial charge in [-0.3, -0.25) is 4.79 Å². The minimum atomic E-state index is -0.468. The first-order valence-corrected chi connectivity index (χ1v) is 7.57. The highest BCUT2D eigenvalue weighted by Gasteiger charge is 2.25. The Hall–Kier alpha value is -1.62. The van der Waals surface area contributed by atoms with Gasteiger partial charge in [-0.15, -0.1) is 0 Å². The molecule has 116 valence electrons. The summed E-state index contributed by atoms with van der Waals surface area (Å²) < 4.78 is 13.4. The fourth-order valence-corrected chi connectivity index (χ4v) is 2.95. The van der Waals surface area contributed by atoms with Crippen molar-refractivity contribution in [2.75, 3.05) is 32.4 Å². The van der Waals surface area contributed by atoms with Gasteiger partial charge in [-0.25, -0.2) is 4.39 Å². The topological polar surface area (TPSA) is 49.6 Å². The van der Waals surface area contributed by atoms with Crippen LogP contribution in [0.5, 0.6) is 0 Å². The molecule has 1 aromatic carbocycles. The van der Waals surface area contributed by atoms with Crippen LogP contribution in [0.3, 0.4) is 0 Å². The maximum Gasteiger partial charge on any atom is 0.254 e. The molecule has 5 heteroatoms. The number of carbonyl (C=O) groups is 1. The lowest BCUT2D eigenvalue weighted by Crippen LogP contribution is -2.45. The largest absolute Gasteiger partial charge is 0.399 e. The lowest BCUT2D eigenvalue weighted by molar-refractivity contribution is 0.0642. The number of likely N-dealkylation sites (tertiary alicyclic amines) is 1. The highest BCUT2D eigenvalue weighted by molar-refractivity contribution is 5.95. The van der Waals surface area contributed by atoms with E-state index in [0.717, 1.165) is 38.9 Å². The van der Waals surface area contributed by atoms with Crippen LogP contribution in [-0.4, -0.2) is 48.4 Å². The summed E-state index contributed by atoms with van der Waals surface area (Å²) >= 11 is 0. The molecule has 0 bridgehead atoms. The van der Waals surface area contributed by atoms with Crippen LogP contribution in [0.4, 0.5) is 10.1 Å². The van der Waals surface area contributed by atoms with Crippen molar-refractivity contribution in [1.29, 1.82) is 0 Å². The zero-order chi connectivity index (χ0) is 15.4. The summed E-state index contributed by atoms with van der Waals surface area (Å²) in [6.07, 6.45) is 3.09.